The molecule has 0 saturated carbocycles. The van der Waals surface area contributed by atoms with Gasteiger partial charge in [0.05, 0.1) is 22.1 Å². The molecule has 0 aliphatic heterocycles. The van der Waals surface area contributed by atoms with Crippen LogP contribution >= 0.6 is 0 Å². The van der Waals surface area contributed by atoms with E-state index >= 15 is 0 Å². The van der Waals surface area contributed by atoms with Gasteiger partial charge in [0, 0.05) is 4.90 Å². The van der Waals surface area contributed by atoms with E-state index in [-0.39, 0.29) is 11.3 Å². The fraction of sp³-hybridized carbons (Fsp3) is 0.214. The molecule has 1 heterocycles. The minimum atomic E-state index is -1.24. The van der Waals surface area contributed by atoms with Crippen molar-refractivity contribution in [2.75, 3.05) is 0 Å². The molecule has 0 amide bonds. The summed E-state index contributed by atoms with van der Waals surface area (Å²) in [5.74, 6) is -0.457. The Hall–Kier alpha value is -1.88. The van der Waals surface area contributed by atoms with Crippen molar-refractivity contribution in [1.82, 2.24) is 0 Å². The van der Waals surface area contributed by atoms with Gasteiger partial charge in [0.2, 0.25) is 0 Å². The van der Waals surface area contributed by atoms with E-state index in [1.54, 1.807) is 0 Å². The summed E-state index contributed by atoms with van der Waals surface area (Å²) in [6, 6.07) is 7.18. The maximum Gasteiger partial charge on any atom is 0.338 e. The number of hydrogen-bond acceptors (Lipinski definition) is 3. The highest BCUT2D eigenvalue weighted by molar-refractivity contribution is 7.84. The molecule has 4 nitrogen and oxygen atoms in total. The van der Waals surface area contributed by atoms with Crippen LogP contribution in [0.1, 0.15) is 27.2 Å². The Morgan fingerprint density at radius 1 is 1.32 bits per heavy atom. The topological polar surface area (TPSA) is 67.5 Å². The SMILES string of the molecule is Cc1ccc(C)c(S(=O)Cc2cc(C(=O)O)co2)c1. The number of carboxylic acid groups (broad SMARTS) is 1. The van der Waals surface area contributed by atoms with Gasteiger partial charge in [0.15, 0.2) is 0 Å². The lowest BCUT2D eigenvalue weighted by Crippen LogP contribution is -1.99. The number of carbonyl (C=O) groups is 1. The molecule has 19 heavy (non-hydrogen) atoms. The average molecular weight is 278 g/mol. The van der Waals surface area contributed by atoms with Crippen LogP contribution in [0.3, 0.4) is 0 Å². The summed E-state index contributed by atoms with van der Waals surface area (Å²) >= 11 is 0. The monoisotopic (exact) mass is 278 g/mol. The normalized spacial score (nSPS) is 12.3. The summed E-state index contributed by atoms with van der Waals surface area (Å²) in [7, 11) is -1.24. The Morgan fingerprint density at radius 3 is 2.68 bits per heavy atom. The van der Waals surface area contributed by atoms with Crippen LogP contribution < -0.4 is 0 Å². The van der Waals surface area contributed by atoms with Crippen LogP contribution in [0.4, 0.5) is 0 Å². The standard InChI is InChI=1S/C14H14O4S/c1-9-3-4-10(2)13(5-9)19(17)8-12-6-11(7-18-12)14(15)16/h3-7H,8H2,1-2H3,(H,15,16). The molecule has 1 atom stereocenters. The summed E-state index contributed by atoms with van der Waals surface area (Å²) in [5, 5.41) is 8.79. The maximum atomic E-state index is 12.3. The van der Waals surface area contributed by atoms with Crippen LogP contribution in [-0.2, 0) is 16.6 Å². The molecule has 0 bridgehead atoms. The van der Waals surface area contributed by atoms with Gasteiger partial charge in [-0.3, -0.25) is 4.21 Å². The molecule has 5 heteroatoms. The Kier molecular flexibility index (Phi) is 3.85. The first-order valence-electron chi connectivity index (χ1n) is 5.73. The number of aryl methyl sites for hydroxylation is 2. The molecular formula is C14H14O4S. The van der Waals surface area contributed by atoms with Gasteiger partial charge in [0.1, 0.15) is 12.0 Å². The van der Waals surface area contributed by atoms with E-state index in [0.29, 0.717) is 5.76 Å². The van der Waals surface area contributed by atoms with Crippen molar-refractivity contribution in [1.29, 1.82) is 0 Å². The van der Waals surface area contributed by atoms with E-state index in [1.165, 1.54) is 6.07 Å². The third kappa shape index (κ3) is 3.12. The first kappa shape index (κ1) is 13.5. The van der Waals surface area contributed by atoms with Gasteiger partial charge in [0.25, 0.3) is 0 Å². The fourth-order valence-electron chi connectivity index (χ4n) is 1.73. The molecule has 1 aromatic carbocycles. The average Bonchev–Trinajstić information content (AvgIpc) is 2.80. The summed E-state index contributed by atoms with van der Waals surface area (Å²) in [5.41, 5.74) is 2.07. The third-order valence-corrected chi connectivity index (χ3v) is 4.24. The molecule has 0 saturated heterocycles. The molecule has 2 aromatic rings. The number of hydrogen-bond donors (Lipinski definition) is 1. The summed E-state index contributed by atoms with van der Waals surface area (Å²) in [6.07, 6.45) is 1.16. The van der Waals surface area contributed by atoms with Crippen LogP contribution in [0.25, 0.3) is 0 Å². The van der Waals surface area contributed by atoms with Crippen molar-refractivity contribution in [3.05, 3.63) is 53.0 Å². The number of carboxylic acids is 1. The molecule has 0 fully saturated rings. The third-order valence-electron chi connectivity index (χ3n) is 2.76. The zero-order chi connectivity index (χ0) is 14.0. The molecule has 0 aliphatic rings. The zero-order valence-electron chi connectivity index (χ0n) is 10.7. The van der Waals surface area contributed by atoms with E-state index in [0.717, 1.165) is 22.3 Å². The Morgan fingerprint density at radius 2 is 2.05 bits per heavy atom. The molecule has 0 radical (unpaired) electrons. The van der Waals surface area contributed by atoms with Crippen LogP contribution in [-0.4, -0.2) is 15.3 Å². The summed E-state index contributed by atoms with van der Waals surface area (Å²) in [6.45, 7) is 3.84. The second-order valence-corrected chi connectivity index (χ2v) is 5.79. The van der Waals surface area contributed by atoms with Crippen molar-refractivity contribution < 1.29 is 18.5 Å². The largest absolute Gasteiger partial charge is 0.478 e. The second kappa shape index (κ2) is 5.40. The van der Waals surface area contributed by atoms with Crippen molar-refractivity contribution in [3.8, 4) is 0 Å². The smallest absolute Gasteiger partial charge is 0.338 e. The van der Waals surface area contributed by atoms with Gasteiger partial charge in [-0.25, -0.2) is 4.79 Å². The number of furan rings is 1. The first-order chi connectivity index (χ1) is 8.97. The van der Waals surface area contributed by atoms with Crippen molar-refractivity contribution in [2.24, 2.45) is 0 Å². The molecule has 100 valence electrons. The van der Waals surface area contributed by atoms with Crippen LogP contribution in [0.2, 0.25) is 0 Å². The lowest BCUT2D eigenvalue weighted by molar-refractivity contribution is 0.0696. The lowest BCUT2D eigenvalue weighted by Gasteiger charge is -2.05. The number of rotatable bonds is 4. The van der Waals surface area contributed by atoms with Crippen LogP contribution in [0, 0.1) is 13.8 Å². The Labute approximate surface area is 113 Å². The number of aromatic carboxylic acids is 1. The Balaban J connectivity index is 2.20. The highest BCUT2D eigenvalue weighted by Crippen LogP contribution is 2.19. The van der Waals surface area contributed by atoms with Gasteiger partial charge >= 0.3 is 5.97 Å². The van der Waals surface area contributed by atoms with E-state index in [1.807, 2.05) is 32.0 Å². The molecule has 0 spiro atoms. The highest BCUT2D eigenvalue weighted by atomic mass is 32.2. The Bertz CT molecular complexity index is 643. The zero-order valence-corrected chi connectivity index (χ0v) is 11.5. The van der Waals surface area contributed by atoms with E-state index in [4.69, 9.17) is 9.52 Å². The summed E-state index contributed by atoms with van der Waals surface area (Å²) < 4.78 is 17.4. The molecule has 1 aromatic heterocycles. The highest BCUT2D eigenvalue weighted by Gasteiger charge is 2.13. The quantitative estimate of drug-likeness (QED) is 0.933. The van der Waals surface area contributed by atoms with Gasteiger partial charge in [-0.15, -0.1) is 0 Å². The van der Waals surface area contributed by atoms with E-state index < -0.39 is 16.8 Å². The minimum absolute atomic E-state index is 0.0768. The van der Waals surface area contributed by atoms with E-state index in [9.17, 15) is 9.00 Å². The summed E-state index contributed by atoms with van der Waals surface area (Å²) in [4.78, 5) is 11.5. The second-order valence-electron chi connectivity index (χ2n) is 4.37. The van der Waals surface area contributed by atoms with Gasteiger partial charge in [-0.05, 0) is 37.1 Å². The van der Waals surface area contributed by atoms with Gasteiger partial charge in [-0.1, -0.05) is 12.1 Å². The molecule has 2 rings (SSSR count). The van der Waals surface area contributed by atoms with E-state index in [2.05, 4.69) is 0 Å². The first-order valence-corrected chi connectivity index (χ1v) is 7.05. The number of benzene rings is 1. The molecule has 1 N–H and O–H groups in total. The predicted molar refractivity (Wildman–Crippen MR) is 71.7 cm³/mol. The molecular weight excluding hydrogens is 264 g/mol. The minimum Gasteiger partial charge on any atom is -0.478 e. The van der Waals surface area contributed by atoms with Crippen LogP contribution in [0.15, 0.2) is 39.8 Å². The van der Waals surface area contributed by atoms with Gasteiger partial charge < -0.3 is 9.52 Å². The van der Waals surface area contributed by atoms with Crippen LogP contribution in [0.5, 0.6) is 0 Å². The maximum absolute atomic E-state index is 12.3. The fourth-order valence-corrected chi connectivity index (χ4v) is 3.04. The lowest BCUT2D eigenvalue weighted by atomic mass is 10.2. The van der Waals surface area contributed by atoms with Crippen molar-refractivity contribution in [3.63, 3.8) is 0 Å². The predicted octanol–water partition coefficient (Wildman–Crippen LogP) is 2.90. The van der Waals surface area contributed by atoms with Crippen molar-refractivity contribution >= 4 is 16.8 Å². The molecule has 1 unspecified atom stereocenters. The van der Waals surface area contributed by atoms with Crippen molar-refractivity contribution in [2.45, 2.75) is 24.5 Å². The van der Waals surface area contributed by atoms with Gasteiger partial charge in [-0.2, -0.15) is 0 Å². The molecule has 0 aliphatic carbocycles.